The van der Waals surface area contributed by atoms with E-state index in [9.17, 15) is 8.76 Å². The first kappa shape index (κ1) is 15.7. The second-order valence-electron chi connectivity index (χ2n) is 3.24. The second kappa shape index (κ2) is 7.28. The monoisotopic (exact) mass is 290 g/mol. The van der Waals surface area contributed by atoms with Crippen molar-refractivity contribution in [2.45, 2.75) is 4.90 Å². The first-order valence-electron chi connectivity index (χ1n) is 4.78. The van der Waals surface area contributed by atoms with Gasteiger partial charge in [-0.2, -0.15) is 0 Å². The fourth-order valence-electron chi connectivity index (χ4n) is 1.28. The van der Waals surface area contributed by atoms with E-state index in [1.807, 2.05) is 18.2 Å². The molecule has 3 nitrogen and oxygen atoms in total. The van der Waals surface area contributed by atoms with Crippen molar-refractivity contribution >= 4 is 22.7 Å². The smallest absolute Gasteiger partial charge is 0.768 e. The average Bonchev–Trinajstić information content (AvgIpc) is 2.33. The minimum Gasteiger partial charge on any atom is -0.768 e. The van der Waals surface area contributed by atoms with Gasteiger partial charge in [-0.15, -0.1) is 0 Å². The van der Waals surface area contributed by atoms with E-state index in [4.69, 9.17) is 16.3 Å². The third kappa shape index (κ3) is 4.09. The van der Waals surface area contributed by atoms with Gasteiger partial charge in [-0.1, -0.05) is 29.8 Å². The zero-order valence-corrected chi connectivity index (χ0v) is 13.2. The van der Waals surface area contributed by atoms with Crippen LogP contribution in [0.3, 0.4) is 0 Å². The van der Waals surface area contributed by atoms with Crippen molar-refractivity contribution in [2.75, 3.05) is 0 Å². The number of halogens is 1. The number of hydrogen-bond acceptors (Lipinski definition) is 3. The summed E-state index contributed by atoms with van der Waals surface area (Å²) >= 11 is 3.64. The van der Waals surface area contributed by atoms with Crippen LogP contribution in [0.4, 0.5) is 0 Å². The van der Waals surface area contributed by atoms with E-state index in [-0.39, 0.29) is 39.5 Å². The molecule has 0 aromatic heterocycles. The fourth-order valence-corrected chi connectivity index (χ4v) is 1.96. The van der Waals surface area contributed by atoms with E-state index < -0.39 is 11.1 Å². The molecule has 0 amide bonds. The van der Waals surface area contributed by atoms with Crippen LogP contribution in [0.2, 0.25) is 5.02 Å². The molecule has 0 spiro atoms. The maximum Gasteiger partial charge on any atom is 1.00 e. The summed E-state index contributed by atoms with van der Waals surface area (Å²) in [6, 6.07) is 13.4. The van der Waals surface area contributed by atoms with Crippen LogP contribution in [-0.4, -0.2) is 8.76 Å². The Morgan fingerprint density at radius 2 is 1.78 bits per heavy atom. The average molecular weight is 291 g/mol. The molecule has 0 fully saturated rings. The second-order valence-corrected chi connectivity index (χ2v) is 4.59. The van der Waals surface area contributed by atoms with Gasteiger partial charge in [-0.3, -0.25) is 4.21 Å². The largest absolute Gasteiger partial charge is 1.00 e. The zero-order chi connectivity index (χ0) is 12.3. The van der Waals surface area contributed by atoms with Crippen LogP contribution in [0, 0.1) is 0 Å². The van der Waals surface area contributed by atoms with Gasteiger partial charge in [0.2, 0.25) is 0 Å². The molecule has 1 atom stereocenters. The van der Waals surface area contributed by atoms with Crippen molar-refractivity contribution < 1.29 is 43.1 Å². The summed E-state index contributed by atoms with van der Waals surface area (Å²) in [5, 5.41) is 0.260. The van der Waals surface area contributed by atoms with Crippen LogP contribution in [0.15, 0.2) is 53.4 Å². The Kier molecular flexibility index (Phi) is 6.35. The summed E-state index contributed by atoms with van der Waals surface area (Å²) in [6.45, 7) is 0. The molecule has 2 aromatic carbocycles. The number of ether oxygens (including phenoxy) is 1. The molecule has 0 aliphatic heterocycles. The molecular formula is C12H8ClNaO3S. The molecule has 0 heterocycles. The molecule has 0 bridgehead atoms. The first-order chi connectivity index (χ1) is 8.16. The van der Waals surface area contributed by atoms with Crippen LogP contribution >= 0.6 is 11.6 Å². The van der Waals surface area contributed by atoms with Crippen LogP contribution in [0.25, 0.3) is 0 Å². The van der Waals surface area contributed by atoms with Gasteiger partial charge in [-0.25, -0.2) is 0 Å². The molecule has 0 radical (unpaired) electrons. The summed E-state index contributed by atoms with van der Waals surface area (Å²) in [6.07, 6.45) is 0. The number of benzene rings is 2. The van der Waals surface area contributed by atoms with Gasteiger partial charge in [0.05, 0.1) is 5.02 Å². The summed E-state index contributed by atoms with van der Waals surface area (Å²) in [4.78, 5) is 0.135. The van der Waals surface area contributed by atoms with Gasteiger partial charge in [0.25, 0.3) is 0 Å². The van der Waals surface area contributed by atoms with Crippen LogP contribution < -0.4 is 34.3 Å². The molecule has 0 saturated heterocycles. The predicted molar refractivity (Wildman–Crippen MR) is 65.2 cm³/mol. The van der Waals surface area contributed by atoms with Crippen molar-refractivity contribution in [2.24, 2.45) is 0 Å². The van der Waals surface area contributed by atoms with Crippen molar-refractivity contribution in [3.05, 3.63) is 53.6 Å². The van der Waals surface area contributed by atoms with Gasteiger partial charge < -0.3 is 9.29 Å². The Labute approximate surface area is 135 Å². The van der Waals surface area contributed by atoms with Crippen molar-refractivity contribution in [1.82, 2.24) is 0 Å². The van der Waals surface area contributed by atoms with Gasteiger partial charge >= 0.3 is 29.6 Å². The van der Waals surface area contributed by atoms with E-state index in [0.717, 1.165) is 0 Å². The topological polar surface area (TPSA) is 49.4 Å². The molecule has 0 aliphatic rings. The summed E-state index contributed by atoms with van der Waals surface area (Å²) < 4.78 is 27.0. The minimum atomic E-state index is -2.28. The standard InChI is InChI=1S/C12H9ClO3S.Na/c13-11-8-10(17(14)15)6-7-12(11)16-9-4-2-1-3-5-9;/h1-8H,(H,14,15);/q;+1/p-1. The van der Waals surface area contributed by atoms with Crippen molar-refractivity contribution in [1.29, 1.82) is 0 Å². The van der Waals surface area contributed by atoms with Gasteiger partial charge in [-0.05, 0) is 41.4 Å². The summed E-state index contributed by atoms with van der Waals surface area (Å²) in [5.74, 6) is 1.07. The van der Waals surface area contributed by atoms with Gasteiger partial charge in [0, 0.05) is 4.90 Å². The van der Waals surface area contributed by atoms with E-state index in [1.54, 1.807) is 12.1 Å². The molecule has 2 rings (SSSR count). The van der Waals surface area contributed by atoms with E-state index in [2.05, 4.69) is 0 Å². The SMILES string of the molecule is O=S([O-])c1ccc(Oc2ccccc2)c(Cl)c1.[Na+]. The summed E-state index contributed by atoms with van der Waals surface area (Å²) in [7, 11) is 0. The first-order valence-corrected chi connectivity index (χ1v) is 6.24. The summed E-state index contributed by atoms with van der Waals surface area (Å²) in [5.41, 5.74) is 0. The third-order valence-corrected chi connectivity index (χ3v) is 3.00. The Morgan fingerprint density at radius 3 is 2.33 bits per heavy atom. The Morgan fingerprint density at radius 1 is 1.11 bits per heavy atom. The van der Waals surface area contributed by atoms with Gasteiger partial charge in [0.15, 0.2) is 0 Å². The van der Waals surface area contributed by atoms with Crippen LogP contribution in [0.1, 0.15) is 0 Å². The molecule has 18 heavy (non-hydrogen) atoms. The third-order valence-electron chi connectivity index (χ3n) is 2.07. The molecular weight excluding hydrogens is 283 g/mol. The predicted octanol–water partition coefficient (Wildman–Crippen LogP) is 0.374. The van der Waals surface area contributed by atoms with E-state index >= 15 is 0 Å². The molecule has 0 N–H and O–H groups in total. The Hall–Kier alpha value is -0.360. The zero-order valence-electron chi connectivity index (χ0n) is 9.63. The fraction of sp³-hybridized carbons (Fsp3) is 0. The minimum absolute atomic E-state index is 0. The molecule has 0 saturated carbocycles. The molecule has 88 valence electrons. The molecule has 1 unspecified atom stereocenters. The maximum absolute atomic E-state index is 10.7. The Bertz CT molecular complexity index is 548. The van der Waals surface area contributed by atoms with E-state index in [1.165, 1.54) is 18.2 Å². The molecule has 6 heteroatoms. The van der Waals surface area contributed by atoms with Crippen LogP contribution in [0.5, 0.6) is 11.5 Å². The van der Waals surface area contributed by atoms with E-state index in [0.29, 0.717) is 11.5 Å². The molecule has 0 aliphatic carbocycles. The number of hydrogen-bond donors (Lipinski definition) is 0. The maximum atomic E-state index is 10.7. The van der Waals surface area contributed by atoms with Crippen LogP contribution in [-0.2, 0) is 11.1 Å². The number of para-hydroxylation sites is 1. The number of rotatable bonds is 3. The van der Waals surface area contributed by atoms with Crippen molar-refractivity contribution in [3.8, 4) is 11.5 Å². The normalized spacial score (nSPS) is 11.4. The quantitative estimate of drug-likeness (QED) is 0.606. The van der Waals surface area contributed by atoms with Crippen molar-refractivity contribution in [3.63, 3.8) is 0 Å². The van der Waals surface area contributed by atoms with Gasteiger partial charge in [0.1, 0.15) is 11.5 Å². The molecule has 2 aromatic rings. The Balaban J connectivity index is 0.00000162.